The van der Waals surface area contributed by atoms with Crippen LogP contribution in [0, 0.1) is 12.8 Å². The molecule has 202 valence electrons. The highest BCUT2D eigenvalue weighted by Gasteiger charge is 2.30. The first-order chi connectivity index (χ1) is 17.6. The van der Waals surface area contributed by atoms with Crippen LogP contribution in [0.15, 0.2) is 43.0 Å². The molecule has 0 spiro atoms. The van der Waals surface area contributed by atoms with Crippen molar-refractivity contribution >= 4 is 11.6 Å². The molecule has 1 saturated carbocycles. The lowest BCUT2D eigenvalue weighted by atomic mass is 9.84. The maximum Gasteiger partial charge on any atom is 0.278 e. The van der Waals surface area contributed by atoms with Crippen molar-refractivity contribution in [1.29, 1.82) is 0 Å². The van der Waals surface area contributed by atoms with Crippen LogP contribution in [0.5, 0.6) is 11.6 Å². The highest BCUT2D eigenvalue weighted by Crippen LogP contribution is 2.30. The molecule has 37 heavy (non-hydrogen) atoms. The van der Waals surface area contributed by atoms with E-state index in [9.17, 15) is 13.6 Å². The summed E-state index contributed by atoms with van der Waals surface area (Å²) in [4.78, 5) is 27.3. The van der Waals surface area contributed by atoms with Gasteiger partial charge in [0.15, 0.2) is 6.61 Å². The van der Waals surface area contributed by atoms with Gasteiger partial charge < -0.3 is 24.4 Å². The van der Waals surface area contributed by atoms with Crippen molar-refractivity contribution in [2.75, 3.05) is 38.3 Å². The van der Waals surface area contributed by atoms with E-state index in [1.165, 1.54) is 18.7 Å². The summed E-state index contributed by atoms with van der Waals surface area (Å²) in [7, 11) is 1.75. The number of hydrogen-bond acceptors (Lipinski definition) is 8. The number of rotatable bonds is 9. The second-order valence-corrected chi connectivity index (χ2v) is 9.33. The van der Waals surface area contributed by atoms with E-state index in [0.29, 0.717) is 18.1 Å². The number of nitrogens with zero attached hydrogens (tertiary/aromatic N) is 5. The van der Waals surface area contributed by atoms with Crippen LogP contribution in [0.3, 0.4) is 0 Å². The number of ether oxygens (including phenoxy) is 2. The summed E-state index contributed by atoms with van der Waals surface area (Å²) in [5.74, 6) is -1.09. The Labute approximate surface area is 216 Å². The van der Waals surface area contributed by atoms with Crippen molar-refractivity contribution in [3.8, 4) is 11.6 Å². The van der Waals surface area contributed by atoms with Crippen LogP contribution in [-0.2, 0) is 4.79 Å². The van der Waals surface area contributed by atoms with Crippen LogP contribution in [0.4, 0.5) is 14.5 Å². The molecule has 0 radical (unpaired) electrons. The maximum atomic E-state index is 12.8. The first-order valence-electron chi connectivity index (χ1n) is 12.3. The molecule has 1 aliphatic carbocycles. The molecular formula is C26H35F2N5O4. The van der Waals surface area contributed by atoms with Crippen LogP contribution in [0.2, 0.25) is 0 Å². The van der Waals surface area contributed by atoms with Gasteiger partial charge in [-0.05, 0) is 25.8 Å². The molecule has 11 heteroatoms. The average molecular weight is 520 g/mol. The fraction of sp³-hybridized carbons (Fsp3) is 0.538. The third-order valence-corrected chi connectivity index (χ3v) is 6.14. The molecule has 2 aromatic heterocycles. The van der Waals surface area contributed by atoms with Gasteiger partial charge in [0.05, 0.1) is 36.6 Å². The Morgan fingerprint density at radius 3 is 2.46 bits per heavy atom. The lowest BCUT2D eigenvalue weighted by Crippen LogP contribution is -2.37. The number of carbonyl (C=O) groups is 1. The largest absolute Gasteiger partial charge is 0.483 e. The fourth-order valence-corrected chi connectivity index (χ4v) is 3.79. The summed E-state index contributed by atoms with van der Waals surface area (Å²) in [5, 5.41) is 8.56. The first-order valence-corrected chi connectivity index (χ1v) is 12.3. The minimum absolute atomic E-state index is 0.0644. The van der Waals surface area contributed by atoms with Gasteiger partial charge in [-0.3, -0.25) is 4.79 Å². The third-order valence-electron chi connectivity index (χ3n) is 6.14. The smallest absolute Gasteiger partial charge is 0.278 e. The van der Waals surface area contributed by atoms with Crippen molar-refractivity contribution in [3.63, 3.8) is 0 Å². The zero-order valence-electron chi connectivity index (χ0n) is 21.6. The lowest BCUT2D eigenvalue weighted by molar-refractivity contribution is -0.137. The fourth-order valence-electron chi connectivity index (χ4n) is 3.79. The summed E-state index contributed by atoms with van der Waals surface area (Å²) >= 11 is 0. The summed E-state index contributed by atoms with van der Waals surface area (Å²) in [6.45, 7) is 7.29. The number of aliphatic hydroxyl groups is 1. The number of aliphatic hydroxyl groups excluding tert-OH is 1. The van der Waals surface area contributed by atoms with E-state index in [0.717, 1.165) is 44.1 Å². The predicted molar refractivity (Wildman–Crippen MR) is 135 cm³/mol. The number of alkyl halides is 2. The van der Waals surface area contributed by atoms with Gasteiger partial charge in [-0.1, -0.05) is 13.0 Å². The number of pyridine rings is 1. The molecule has 3 heterocycles. The van der Waals surface area contributed by atoms with Crippen molar-refractivity contribution in [2.45, 2.75) is 51.6 Å². The van der Waals surface area contributed by atoms with Crippen LogP contribution >= 0.6 is 0 Å². The molecular weight excluding hydrogens is 484 g/mol. The monoisotopic (exact) mass is 519 g/mol. The van der Waals surface area contributed by atoms with Crippen molar-refractivity contribution in [3.05, 3.63) is 48.8 Å². The zero-order chi connectivity index (χ0) is 27.0. The van der Waals surface area contributed by atoms with Crippen LogP contribution in [0.25, 0.3) is 0 Å². The van der Waals surface area contributed by atoms with Gasteiger partial charge in [-0.15, -0.1) is 0 Å². The minimum Gasteiger partial charge on any atom is -0.483 e. The van der Waals surface area contributed by atoms with Crippen LogP contribution in [0.1, 0.15) is 38.4 Å². The molecule has 1 amide bonds. The molecule has 1 aliphatic heterocycles. The van der Waals surface area contributed by atoms with Crippen molar-refractivity contribution in [2.24, 2.45) is 5.92 Å². The van der Waals surface area contributed by atoms with E-state index in [1.54, 1.807) is 30.4 Å². The molecule has 0 aromatic carbocycles. The highest BCUT2D eigenvalue weighted by atomic mass is 19.3. The van der Waals surface area contributed by atoms with Gasteiger partial charge in [0.2, 0.25) is 11.8 Å². The van der Waals surface area contributed by atoms with E-state index in [2.05, 4.69) is 21.5 Å². The topological polar surface area (TPSA) is 101 Å². The number of anilines is 1. The van der Waals surface area contributed by atoms with E-state index in [-0.39, 0.29) is 30.4 Å². The van der Waals surface area contributed by atoms with E-state index in [1.807, 2.05) is 11.8 Å². The first kappa shape index (κ1) is 28.2. The molecule has 2 fully saturated rings. The van der Waals surface area contributed by atoms with Crippen LogP contribution in [-0.4, -0.2) is 76.2 Å². The lowest BCUT2D eigenvalue weighted by Gasteiger charge is -2.28. The zero-order valence-corrected chi connectivity index (χ0v) is 21.6. The molecule has 1 N–H and O–H groups in total. The molecule has 9 nitrogen and oxygen atoms in total. The molecule has 4 rings (SSSR count). The number of halogens is 2. The van der Waals surface area contributed by atoms with Crippen LogP contribution < -0.4 is 14.4 Å². The van der Waals surface area contributed by atoms with Crippen molar-refractivity contribution in [1.82, 2.24) is 19.9 Å². The molecule has 0 unspecified atom stereocenters. The van der Waals surface area contributed by atoms with E-state index >= 15 is 0 Å². The summed E-state index contributed by atoms with van der Waals surface area (Å²) in [5.41, 5.74) is 1.68. The van der Waals surface area contributed by atoms with Gasteiger partial charge >= 0.3 is 0 Å². The Balaban J connectivity index is 0.000000289. The molecule has 2 aromatic rings. The third kappa shape index (κ3) is 8.34. The van der Waals surface area contributed by atoms with Crippen molar-refractivity contribution < 1.29 is 28.2 Å². The summed E-state index contributed by atoms with van der Waals surface area (Å²) < 4.78 is 36.5. The summed E-state index contributed by atoms with van der Waals surface area (Å²) in [6.07, 6.45) is 8.78. The Morgan fingerprint density at radius 1 is 1.22 bits per heavy atom. The molecule has 0 bridgehead atoms. The Morgan fingerprint density at radius 2 is 1.92 bits per heavy atom. The van der Waals surface area contributed by atoms with Gasteiger partial charge in [0, 0.05) is 45.5 Å². The Bertz CT molecular complexity index is 1030. The van der Waals surface area contributed by atoms with E-state index < -0.39 is 12.5 Å². The number of amides is 1. The van der Waals surface area contributed by atoms with E-state index in [4.69, 9.17) is 14.6 Å². The Kier molecular flexibility index (Phi) is 9.73. The highest BCUT2D eigenvalue weighted by molar-refractivity contribution is 5.79. The number of aromatic nitrogens is 3. The number of hydrogen-bond donors (Lipinski definition) is 1. The van der Waals surface area contributed by atoms with Gasteiger partial charge in [0.1, 0.15) is 17.7 Å². The quantitative estimate of drug-likeness (QED) is 0.536. The second kappa shape index (κ2) is 12.8. The number of carbonyl (C=O) groups excluding carboxylic acids is 1. The summed E-state index contributed by atoms with van der Waals surface area (Å²) in [6, 6.07) is 3.14. The molecule has 1 saturated heterocycles. The minimum atomic E-state index is -2.90. The number of likely N-dealkylation sites (N-methyl/N-ethyl adjacent to an activating group) is 1. The predicted octanol–water partition coefficient (Wildman–Crippen LogP) is 3.62. The average Bonchev–Trinajstić information content (AvgIpc) is 3.18. The Hall–Kier alpha value is -3.34. The second-order valence-electron chi connectivity index (χ2n) is 9.33. The number of aryl methyl sites for hydroxylation is 1. The van der Waals surface area contributed by atoms with Gasteiger partial charge in [-0.2, -0.15) is 0 Å². The SMILES string of the molecule is C=C1[C@H](Oc2ccc(OCC(C)(F)F)nc2)CCN1c1cnc(C)nc1.CN(CCO)C(=O)C1CCC1. The molecule has 2 aliphatic rings. The van der Waals surface area contributed by atoms with Gasteiger partial charge in [-0.25, -0.2) is 23.7 Å². The standard InChI is InChI=1S/C18H20F2N4O2.C8H15NO2/c1-12-16(6-7-24(12)14-8-21-13(2)22-9-14)26-15-4-5-17(23-10-15)25-11-18(3,19)20;1-9(5-6-10)8(11)7-3-2-4-7/h4-5,8-10,16H,1,6-7,11H2,2-3H3;7,10H,2-6H2,1H3/t16-;/m1./s1. The normalized spacial score (nSPS) is 17.5. The van der Waals surface area contributed by atoms with Gasteiger partial charge in [0.25, 0.3) is 5.92 Å². The maximum absolute atomic E-state index is 12.8. The molecule has 1 atom stereocenters.